The molecule has 0 amide bonds. The van der Waals surface area contributed by atoms with Gasteiger partial charge in [-0.15, -0.1) is 0 Å². The molecule has 0 atom stereocenters. The SMILES string of the molecule is CC1(C)c2ccccc2-c2cc(N(c3ccccc3)c3cccc4c3c3cccc5c6c(N(c7ccccc7)c7ccc8c(c7)-c7ccccc7C8(C)C)cccc6n4c35)ccc21. The third kappa shape index (κ3) is 4.91. The maximum Gasteiger partial charge on any atom is 0.0622 e. The van der Waals surface area contributed by atoms with Crippen molar-refractivity contribution in [2.24, 2.45) is 0 Å². The fraction of sp³-hybridized carbons (Fsp3) is 0.100. The van der Waals surface area contributed by atoms with Crippen LogP contribution in [-0.2, 0) is 10.8 Å². The average molecular weight is 808 g/mol. The number of benzene rings is 9. The van der Waals surface area contributed by atoms with Gasteiger partial charge in [0.2, 0.25) is 0 Å². The lowest BCUT2D eigenvalue weighted by Crippen LogP contribution is -2.15. The Morgan fingerprint density at radius 1 is 0.333 bits per heavy atom. The van der Waals surface area contributed by atoms with Crippen molar-refractivity contribution in [3.8, 4) is 22.3 Å². The number of hydrogen-bond acceptors (Lipinski definition) is 2. The molecule has 9 aromatic carbocycles. The molecule has 0 saturated carbocycles. The lowest BCUT2D eigenvalue weighted by Gasteiger charge is -2.28. The van der Waals surface area contributed by atoms with Gasteiger partial charge < -0.3 is 14.2 Å². The Morgan fingerprint density at radius 3 is 1.19 bits per heavy atom. The first kappa shape index (κ1) is 36.1. The van der Waals surface area contributed by atoms with Crippen molar-refractivity contribution in [1.82, 2.24) is 4.40 Å². The van der Waals surface area contributed by atoms with Gasteiger partial charge in [0, 0.05) is 55.1 Å². The minimum Gasteiger partial charge on any atom is -0.310 e. The minimum atomic E-state index is -0.0614. The Hall–Kier alpha value is -7.62. The van der Waals surface area contributed by atoms with Gasteiger partial charge in [0.15, 0.2) is 0 Å². The monoisotopic (exact) mass is 807 g/mol. The molecule has 2 aromatic heterocycles. The van der Waals surface area contributed by atoms with Gasteiger partial charge in [-0.1, -0.05) is 155 Å². The summed E-state index contributed by atoms with van der Waals surface area (Å²) in [6.07, 6.45) is 0. The Labute approximate surface area is 368 Å². The van der Waals surface area contributed by atoms with Crippen LogP contribution in [-0.4, -0.2) is 4.40 Å². The number of aromatic nitrogens is 1. The summed E-state index contributed by atoms with van der Waals surface area (Å²) >= 11 is 0. The van der Waals surface area contributed by atoms with E-state index in [1.807, 2.05) is 0 Å². The quantitative estimate of drug-likeness (QED) is 0.166. The summed E-state index contributed by atoms with van der Waals surface area (Å²) in [7, 11) is 0. The van der Waals surface area contributed by atoms with Gasteiger partial charge in [0.25, 0.3) is 0 Å². The molecule has 0 saturated heterocycles. The van der Waals surface area contributed by atoms with E-state index in [2.05, 4.69) is 242 Å². The second kappa shape index (κ2) is 13.0. The van der Waals surface area contributed by atoms with Crippen LogP contribution in [0.15, 0.2) is 200 Å². The third-order valence-electron chi connectivity index (χ3n) is 14.5. The number of anilines is 6. The van der Waals surface area contributed by atoms with Gasteiger partial charge >= 0.3 is 0 Å². The number of rotatable bonds is 6. The highest BCUT2D eigenvalue weighted by Gasteiger charge is 2.37. The zero-order chi connectivity index (χ0) is 42.2. The van der Waals surface area contributed by atoms with Gasteiger partial charge in [-0.05, 0) is 117 Å². The lowest BCUT2D eigenvalue weighted by atomic mass is 9.82. The van der Waals surface area contributed by atoms with E-state index in [0.29, 0.717) is 0 Å². The van der Waals surface area contributed by atoms with E-state index >= 15 is 0 Å². The zero-order valence-electron chi connectivity index (χ0n) is 35.9. The van der Waals surface area contributed by atoms with Crippen LogP contribution in [0.25, 0.3) is 60.3 Å². The minimum absolute atomic E-state index is 0.0614. The lowest BCUT2D eigenvalue weighted by molar-refractivity contribution is 0.660. The van der Waals surface area contributed by atoms with Gasteiger partial charge in [-0.3, -0.25) is 0 Å². The van der Waals surface area contributed by atoms with Crippen molar-refractivity contribution >= 4 is 72.2 Å². The molecule has 13 rings (SSSR count). The van der Waals surface area contributed by atoms with Crippen molar-refractivity contribution in [3.63, 3.8) is 0 Å². The molecule has 3 nitrogen and oxygen atoms in total. The molecule has 3 heteroatoms. The molecule has 11 aromatic rings. The summed E-state index contributed by atoms with van der Waals surface area (Å²) in [6.45, 7) is 9.41. The van der Waals surface area contributed by atoms with Crippen LogP contribution >= 0.6 is 0 Å². The number of nitrogens with zero attached hydrogens (tertiary/aromatic N) is 3. The third-order valence-corrected chi connectivity index (χ3v) is 14.5. The zero-order valence-corrected chi connectivity index (χ0v) is 35.9. The van der Waals surface area contributed by atoms with Crippen LogP contribution in [0.4, 0.5) is 34.1 Å². The molecular weight excluding hydrogens is 763 g/mol. The molecule has 0 aliphatic heterocycles. The summed E-state index contributed by atoms with van der Waals surface area (Å²) in [5, 5.41) is 4.98. The molecule has 0 spiro atoms. The van der Waals surface area contributed by atoms with E-state index in [1.54, 1.807) is 0 Å². The van der Waals surface area contributed by atoms with Crippen LogP contribution in [0, 0.1) is 0 Å². The van der Waals surface area contributed by atoms with E-state index in [0.717, 1.165) is 34.1 Å². The first-order chi connectivity index (χ1) is 30.8. The van der Waals surface area contributed by atoms with Gasteiger partial charge in [-0.2, -0.15) is 0 Å². The van der Waals surface area contributed by atoms with Crippen molar-refractivity contribution in [2.45, 2.75) is 38.5 Å². The van der Waals surface area contributed by atoms with E-state index in [4.69, 9.17) is 0 Å². The van der Waals surface area contributed by atoms with Crippen molar-refractivity contribution in [1.29, 1.82) is 0 Å². The van der Waals surface area contributed by atoms with E-state index in [1.165, 1.54) is 82.6 Å². The normalized spacial score (nSPS) is 14.3. The van der Waals surface area contributed by atoms with Crippen LogP contribution in [0.2, 0.25) is 0 Å². The van der Waals surface area contributed by atoms with Crippen molar-refractivity contribution < 1.29 is 0 Å². The average Bonchev–Trinajstić information content (AvgIpc) is 3.99. The summed E-state index contributed by atoms with van der Waals surface area (Å²) in [5.74, 6) is 0. The van der Waals surface area contributed by atoms with E-state index in [9.17, 15) is 0 Å². The van der Waals surface area contributed by atoms with Crippen LogP contribution in [0.1, 0.15) is 49.9 Å². The summed E-state index contributed by atoms with van der Waals surface area (Å²) in [6, 6.07) is 74.4. The molecule has 0 fully saturated rings. The molecule has 2 heterocycles. The fourth-order valence-corrected chi connectivity index (χ4v) is 11.6. The molecule has 0 unspecified atom stereocenters. The second-order valence-electron chi connectivity index (χ2n) is 18.5. The molecule has 0 N–H and O–H groups in total. The molecule has 0 bridgehead atoms. The van der Waals surface area contributed by atoms with Crippen LogP contribution in [0.3, 0.4) is 0 Å². The fourth-order valence-electron chi connectivity index (χ4n) is 11.6. The Morgan fingerprint density at radius 2 is 0.730 bits per heavy atom. The smallest absolute Gasteiger partial charge is 0.0622 e. The maximum atomic E-state index is 2.53. The second-order valence-corrected chi connectivity index (χ2v) is 18.5. The number of fused-ring (bicyclic) bond motifs is 12. The maximum absolute atomic E-state index is 2.53. The predicted molar refractivity (Wildman–Crippen MR) is 266 cm³/mol. The molecule has 63 heavy (non-hydrogen) atoms. The molecule has 300 valence electrons. The first-order valence-electron chi connectivity index (χ1n) is 22.2. The molecular formula is C60H45N3. The van der Waals surface area contributed by atoms with E-state index in [-0.39, 0.29) is 10.8 Å². The summed E-state index contributed by atoms with van der Waals surface area (Å²) < 4.78 is 2.53. The number of hydrogen-bond donors (Lipinski definition) is 0. The number of para-hydroxylation sites is 3. The van der Waals surface area contributed by atoms with Gasteiger partial charge in [0.1, 0.15) is 0 Å². The topological polar surface area (TPSA) is 10.9 Å². The Balaban J connectivity index is 1.04. The molecule has 0 radical (unpaired) electrons. The first-order valence-corrected chi connectivity index (χ1v) is 22.2. The highest BCUT2D eigenvalue weighted by Crippen LogP contribution is 2.54. The van der Waals surface area contributed by atoms with Gasteiger partial charge in [-0.25, -0.2) is 0 Å². The van der Waals surface area contributed by atoms with Crippen LogP contribution in [0.5, 0.6) is 0 Å². The van der Waals surface area contributed by atoms with Crippen LogP contribution < -0.4 is 9.80 Å². The molecule has 2 aliphatic rings. The predicted octanol–water partition coefficient (Wildman–Crippen LogP) is 16.4. The Kier molecular flexibility index (Phi) is 7.42. The highest BCUT2D eigenvalue weighted by molar-refractivity contribution is 6.28. The van der Waals surface area contributed by atoms with Crippen molar-refractivity contribution in [3.05, 3.63) is 222 Å². The molecule has 2 aliphatic carbocycles. The highest BCUT2D eigenvalue weighted by atomic mass is 15.2. The standard InChI is InChI=1S/C60H45N3/c1-59(2)48-26-13-11-22-42(48)46-36-40(32-34-50(46)59)61(38-18-7-5-8-19-38)52-28-16-30-54-56(52)44-24-15-25-45-57-53(29-17-31-55(57)63(54)58(44)45)62(39-20-9-6-10-21-39)41-33-35-51-47(37-41)43-23-12-14-27-49(43)60(51,3)4/h5-37H,1-4H3. The Bertz CT molecular complexity index is 3400. The summed E-state index contributed by atoms with van der Waals surface area (Å²) in [5.41, 5.74) is 21.2. The van der Waals surface area contributed by atoms with E-state index < -0.39 is 0 Å². The summed E-state index contributed by atoms with van der Waals surface area (Å²) in [4.78, 5) is 4.94. The van der Waals surface area contributed by atoms with Gasteiger partial charge in [0.05, 0.1) is 27.9 Å². The van der Waals surface area contributed by atoms with Crippen molar-refractivity contribution in [2.75, 3.05) is 9.80 Å². The largest absolute Gasteiger partial charge is 0.310 e.